The molecule has 0 aliphatic rings. The van der Waals surface area contributed by atoms with Gasteiger partial charge in [-0.3, -0.25) is 4.99 Å². The van der Waals surface area contributed by atoms with Gasteiger partial charge in [-0.05, 0) is 32.9 Å². The highest BCUT2D eigenvalue weighted by atomic mass is 127. The molecule has 8 heteroatoms. The maximum absolute atomic E-state index is 13.5. The third-order valence-electron chi connectivity index (χ3n) is 2.57. The summed E-state index contributed by atoms with van der Waals surface area (Å²) in [4.78, 5) is 3.91. The van der Waals surface area contributed by atoms with Crippen LogP contribution in [0.5, 0.6) is 0 Å². The number of rotatable bonds is 6. The Labute approximate surface area is 148 Å². The minimum Gasteiger partial charge on any atom is -0.357 e. The molecule has 0 aromatic heterocycles. The summed E-state index contributed by atoms with van der Waals surface area (Å²) < 4.78 is 37.7. The van der Waals surface area contributed by atoms with Gasteiger partial charge in [0.1, 0.15) is 10.7 Å². The predicted octanol–water partition coefficient (Wildman–Crippen LogP) is 2.18. The van der Waals surface area contributed by atoms with Crippen LogP contribution < -0.4 is 10.6 Å². The number of hydrogen-bond acceptors (Lipinski definition) is 3. The monoisotopic (exact) mass is 443 g/mol. The van der Waals surface area contributed by atoms with E-state index < -0.39 is 15.7 Å². The molecule has 5 nitrogen and oxygen atoms in total. The second-order valence-electron chi connectivity index (χ2n) is 4.81. The summed E-state index contributed by atoms with van der Waals surface area (Å²) >= 11 is 0. The zero-order chi connectivity index (χ0) is 15.9. The molecule has 0 saturated heterocycles. The Hall–Kier alpha value is -0.900. The summed E-state index contributed by atoms with van der Waals surface area (Å²) in [6, 6.07) is 5.56. The molecule has 1 rings (SSSR count). The molecular formula is C14H23FIN3O2S. The first-order valence-electron chi connectivity index (χ1n) is 6.89. The Morgan fingerprint density at radius 1 is 1.32 bits per heavy atom. The van der Waals surface area contributed by atoms with E-state index in [0.29, 0.717) is 12.5 Å². The van der Waals surface area contributed by atoms with Crippen molar-refractivity contribution in [1.82, 2.24) is 10.6 Å². The van der Waals surface area contributed by atoms with Crippen molar-refractivity contribution in [3.63, 3.8) is 0 Å². The first kappa shape index (κ1) is 21.1. The fourth-order valence-electron chi connectivity index (χ4n) is 1.68. The van der Waals surface area contributed by atoms with Crippen LogP contribution in [-0.2, 0) is 9.84 Å². The molecule has 0 aliphatic heterocycles. The van der Waals surface area contributed by atoms with Gasteiger partial charge in [-0.2, -0.15) is 0 Å². The summed E-state index contributed by atoms with van der Waals surface area (Å²) in [6.07, 6.45) is 0. The van der Waals surface area contributed by atoms with Gasteiger partial charge < -0.3 is 10.6 Å². The molecular weight excluding hydrogens is 420 g/mol. The van der Waals surface area contributed by atoms with Crippen LogP contribution in [0.3, 0.4) is 0 Å². The zero-order valence-corrected chi connectivity index (χ0v) is 16.1. The van der Waals surface area contributed by atoms with E-state index in [1.165, 1.54) is 18.2 Å². The third-order valence-corrected chi connectivity index (χ3v) is 4.29. The average Bonchev–Trinajstić information content (AvgIpc) is 2.38. The molecule has 0 saturated carbocycles. The number of halogens is 2. The van der Waals surface area contributed by atoms with Crippen molar-refractivity contribution in [3.05, 3.63) is 30.1 Å². The van der Waals surface area contributed by atoms with Gasteiger partial charge in [0.2, 0.25) is 0 Å². The molecule has 0 bridgehead atoms. The highest BCUT2D eigenvalue weighted by molar-refractivity contribution is 14.0. The van der Waals surface area contributed by atoms with Gasteiger partial charge in [0, 0.05) is 12.6 Å². The second-order valence-corrected chi connectivity index (χ2v) is 6.89. The molecule has 0 fully saturated rings. The first-order chi connectivity index (χ1) is 9.86. The van der Waals surface area contributed by atoms with Gasteiger partial charge in [0.05, 0.1) is 12.3 Å². The van der Waals surface area contributed by atoms with Crippen molar-refractivity contribution in [2.75, 3.05) is 18.8 Å². The number of benzene rings is 1. The zero-order valence-electron chi connectivity index (χ0n) is 13.0. The quantitative estimate of drug-likeness (QED) is 0.402. The van der Waals surface area contributed by atoms with E-state index in [1.807, 2.05) is 20.8 Å². The third kappa shape index (κ3) is 6.91. The van der Waals surface area contributed by atoms with E-state index in [0.717, 1.165) is 6.07 Å². The van der Waals surface area contributed by atoms with Crippen LogP contribution in [0.25, 0.3) is 0 Å². The summed E-state index contributed by atoms with van der Waals surface area (Å²) in [7, 11) is -3.67. The maximum atomic E-state index is 13.5. The minimum absolute atomic E-state index is 0. The number of nitrogens with one attached hydrogen (secondary N) is 2. The first-order valence-corrected chi connectivity index (χ1v) is 8.54. The van der Waals surface area contributed by atoms with Crippen molar-refractivity contribution in [1.29, 1.82) is 0 Å². The van der Waals surface area contributed by atoms with E-state index in [9.17, 15) is 12.8 Å². The molecule has 0 radical (unpaired) electrons. The lowest BCUT2D eigenvalue weighted by Crippen LogP contribution is -2.41. The highest BCUT2D eigenvalue weighted by Gasteiger charge is 2.18. The Morgan fingerprint density at radius 3 is 2.50 bits per heavy atom. The highest BCUT2D eigenvalue weighted by Crippen LogP contribution is 2.14. The molecule has 126 valence electrons. The SMILES string of the molecule is CCNC(=NCCS(=O)(=O)c1ccccc1F)NC(C)C.I. The Bertz CT molecular complexity index is 592. The molecule has 0 atom stereocenters. The second kappa shape index (κ2) is 9.98. The van der Waals surface area contributed by atoms with Gasteiger partial charge in [0.25, 0.3) is 0 Å². The van der Waals surface area contributed by atoms with Crippen molar-refractivity contribution >= 4 is 39.8 Å². The molecule has 0 heterocycles. The van der Waals surface area contributed by atoms with Crippen molar-refractivity contribution in [2.45, 2.75) is 31.7 Å². The van der Waals surface area contributed by atoms with Crippen LogP contribution in [-0.4, -0.2) is 39.3 Å². The number of hydrogen-bond donors (Lipinski definition) is 2. The molecule has 2 N–H and O–H groups in total. The topological polar surface area (TPSA) is 70.6 Å². The van der Waals surface area contributed by atoms with Crippen molar-refractivity contribution < 1.29 is 12.8 Å². The van der Waals surface area contributed by atoms with Gasteiger partial charge >= 0.3 is 0 Å². The molecule has 0 spiro atoms. The molecule has 0 unspecified atom stereocenters. The van der Waals surface area contributed by atoms with E-state index in [1.54, 1.807) is 0 Å². The van der Waals surface area contributed by atoms with Crippen LogP contribution in [0.15, 0.2) is 34.2 Å². The van der Waals surface area contributed by atoms with E-state index >= 15 is 0 Å². The number of guanidine groups is 1. The Morgan fingerprint density at radius 2 is 1.95 bits per heavy atom. The molecule has 0 amide bonds. The normalized spacial score (nSPS) is 12.0. The van der Waals surface area contributed by atoms with E-state index in [-0.39, 0.29) is 47.2 Å². The molecule has 1 aromatic rings. The van der Waals surface area contributed by atoms with Crippen LogP contribution in [0.4, 0.5) is 4.39 Å². The van der Waals surface area contributed by atoms with Crippen LogP contribution >= 0.6 is 24.0 Å². The van der Waals surface area contributed by atoms with Crippen molar-refractivity contribution in [2.24, 2.45) is 4.99 Å². The lowest BCUT2D eigenvalue weighted by Gasteiger charge is -2.13. The maximum Gasteiger partial charge on any atom is 0.191 e. The van der Waals surface area contributed by atoms with Gasteiger partial charge in [-0.1, -0.05) is 12.1 Å². The van der Waals surface area contributed by atoms with Gasteiger partial charge in [-0.15, -0.1) is 24.0 Å². The lowest BCUT2D eigenvalue weighted by atomic mass is 10.3. The number of nitrogens with zero attached hydrogens (tertiary/aromatic N) is 1. The predicted molar refractivity (Wildman–Crippen MR) is 98.1 cm³/mol. The van der Waals surface area contributed by atoms with E-state index in [2.05, 4.69) is 15.6 Å². The van der Waals surface area contributed by atoms with Gasteiger partial charge in [-0.25, -0.2) is 12.8 Å². The fraction of sp³-hybridized carbons (Fsp3) is 0.500. The summed E-state index contributed by atoms with van der Waals surface area (Å²) in [5.74, 6) is -0.410. The van der Waals surface area contributed by atoms with E-state index in [4.69, 9.17) is 0 Å². The summed E-state index contributed by atoms with van der Waals surface area (Å²) in [5, 5.41) is 6.11. The average molecular weight is 443 g/mol. The Kier molecular flexibility index (Phi) is 9.58. The minimum atomic E-state index is -3.67. The Balaban J connectivity index is 0.00000441. The lowest BCUT2D eigenvalue weighted by molar-refractivity contribution is 0.567. The number of sulfone groups is 1. The van der Waals surface area contributed by atoms with Crippen molar-refractivity contribution in [3.8, 4) is 0 Å². The summed E-state index contributed by atoms with van der Waals surface area (Å²) in [5.41, 5.74) is 0. The molecule has 0 aliphatic carbocycles. The van der Waals surface area contributed by atoms with Gasteiger partial charge in [0.15, 0.2) is 15.8 Å². The van der Waals surface area contributed by atoms with Crippen LogP contribution in [0.2, 0.25) is 0 Å². The number of aliphatic imine (C=N–C) groups is 1. The standard InChI is InChI=1S/C14H22FN3O2S.HI/c1-4-16-14(18-11(2)3)17-9-10-21(19,20)13-8-6-5-7-12(13)15;/h5-8,11H,4,9-10H2,1-3H3,(H2,16,17,18);1H. The molecule has 1 aromatic carbocycles. The summed E-state index contributed by atoms with van der Waals surface area (Å²) in [6.45, 7) is 6.59. The van der Waals surface area contributed by atoms with Crippen LogP contribution in [0, 0.1) is 5.82 Å². The smallest absolute Gasteiger partial charge is 0.191 e. The molecule has 22 heavy (non-hydrogen) atoms. The van der Waals surface area contributed by atoms with Crippen LogP contribution in [0.1, 0.15) is 20.8 Å². The fourth-order valence-corrected chi connectivity index (χ4v) is 2.88. The largest absolute Gasteiger partial charge is 0.357 e.